The maximum Gasteiger partial charge on any atom is 0.303 e. The highest BCUT2D eigenvalue weighted by molar-refractivity contribution is 7.98. The van der Waals surface area contributed by atoms with Crippen LogP contribution >= 0.6 is 19.4 Å². The summed E-state index contributed by atoms with van der Waals surface area (Å²) in [5, 5.41) is 2.92. The molecule has 6 heteroatoms. The topological polar surface area (TPSA) is 58.4 Å². The summed E-state index contributed by atoms with van der Waals surface area (Å²) in [5.74, 6) is 0. The Morgan fingerprint density at radius 2 is 2.11 bits per heavy atom. The summed E-state index contributed by atoms with van der Waals surface area (Å²) in [6.07, 6.45) is 2.02. The molecule has 1 unspecified atom stereocenters. The first-order valence-corrected chi connectivity index (χ1v) is 9.37. The minimum Gasteiger partial charge on any atom is -0.296 e. The second kappa shape index (κ2) is 6.80. The lowest BCUT2D eigenvalue weighted by Crippen LogP contribution is -2.37. The van der Waals surface area contributed by atoms with Crippen molar-refractivity contribution < 1.29 is 4.57 Å². The minimum absolute atomic E-state index is 0.0579. The lowest BCUT2D eigenvalue weighted by molar-refractivity contribution is 0.557. The van der Waals surface area contributed by atoms with Gasteiger partial charge < -0.3 is 0 Å². The van der Waals surface area contributed by atoms with E-state index < -0.39 is 7.59 Å². The third kappa shape index (κ3) is 3.99. The van der Waals surface area contributed by atoms with Crippen LogP contribution in [0.3, 0.4) is 0 Å². The SMILES string of the molecule is CCNP(N)(=O)N(c1cc(C)ccc1SC)C(C)C. The lowest BCUT2D eigenvalue weighted by Gasteiger charge is -2.35. The average molecular weight is 301 g/mol. The fraction of sp³-hybridized carbons (Fsp3) is 0.538. The zero-order valence-electron chi connectivity index (χ0n) is 12.3. The Balaban J connectivity index is 3.34. The molecule has 0 aliphatic heterocycles. The summed E-state index contributed by atoms with van der Waals surface area (Å²) in [6, 6.07) is 6.21. The van der Waals surface area contributed by atoms with E-state index in [4.69, 9.17) is 5.50 Å². The predicted molar refractivity (Wildman–Crippen MR) is 86.0 cm³/mol. The molecule has 4 nitrogen and oxygen atoms in total. The van der Waals surface area contributed by atoms with Gasteiger partial charge in [0.15, 0.2) is 0 Å². The predicted octanol–water partition coefficient (Wildman–Crippen LogP) is 3.61. The molecule has 1 aromatic carbocycles. The van der Waals surface area contributed by atoms with Crippen LogP contribution in [0.2, 0.25) is 0 Å². The molecule has 0 bridgehead atoms. The van der Waals surface area contributed by atoms with Gasteiger partial charge in [0.05, 0.1) is 5.69 Å². The second-order valence-electron chi connectivity index (χ2n) is 4.75. The number of thioether (sulfide) groups is 1. The van der Waals surface area contributed by atoms with Gasteiger partial charge in [-0.1, -0.05) is 13.0 Å². The number of aryl methyl sites for hydroxylation is 1. The Bertz CT molecular complexity index is 479. The molecule has 108 valence electrons. The van der Waals surface area contributed by atoms with Gasteiger partial charge in [-0.25, -0.2) is 5.09 Å². The zero-order valence-corrected chi connectivity index (χ0v) is 14.0. The number of nitrogens with one attached hydrogen (secondary N) is 1. The third-order valence-corrected chi connectivity index (χ3v) is 5.65. The Kier molecular flexibility index (Phi) is 5.93. The number of benzene rings is 1. The first-order chi connectivity index (χ1) is 8.83. The van der Waals surface area contributed by atoms with E-state index >= 15 is 0 Å². The monoisotopic (exact) mass is 301 g/mol. The Morgan fingerprint density at radius 1 is 1.47 bits per heavy atom. The Hall–Kier alpha value is -0.480. The summed E-state index contributed by atoms with van der Waals surface area (Å²) in [6.45, 7) is 8.52. The summed E-state index contributed by atoms with van der Waals surface area (Å²) >= 11 is 1.64. The average Bonchev–Trinajstić information content (AvgIpc) is 2.28. The van der Waals surface area contributed by atoms with Crippen molar-refractivity contribution in [2.75, 3.05) is 17.5 Å². The van der Waals surface area contributed by atoms with E-state index in [2.05, 4.69) is 17.2 Å². The van der Waals surface area contributed by atoms with Gasteiger partial charge in [0, 0.05) is 17.5 Å². The van der Waals surface area contributed by atoms with Crippen molar-refractivity contribution in [2.45, 2.75) is 38.6 Å². The minimum atomic E-state index is -3.07. The van der Waals surface area contributed by atoms with E-state index in [-0.39, 0.29) is 6.04 Å². The van der Waals surface area contributed by atoms with Gasteiger partial charge in [0.25, 0.3) is 0 Å². The number of hydrogen-bond donors (Lipinski definition) is 2. The molecule has 0 spiro atoms. The van der Waals surface area contributed by atoms with Gasteiger partial charge in [-0.05, 0) is 44.7 Å². The molecule has 0 heterocycles. The molecule has 0 aliphatic rings. The number of rotatable bonds is 6. The molecule has 0 saturated heterocycles. The molecule has 0 saturated carbocycles. The van der Waals surface area contributed by atoms with E-state index in [1.54, 1.807) is 11.8 Å². The molecule has 1 aromatic rings. The quantitative estimate of drug-likeness (QED) is 0.621. The molecule has 0 amide bonds. The highest BCUT2D eigenvalue weighted by Crippen LogP contribution is 2.46. The van der Waals surface area contributed by atoms with Crippen LogP contribution < -0.4 is 15.3 Å². The molecule has 0 aromatic heterocycles. The molecule has 0 radical (unpaired) electrons. The van der Waals surface area contributed by atoms with Crippen molar-refractivity contribution in [3.05, 3.63) is 23.8 Å². The van der Waals surface area contributed by atoms with E-state index in [9.17, 15) is 4.57 Å². The molecule has 3 N–H and O–H groups in total. The van der Waals surface area contributed by atoms with Gasteiger partial charge in [0.2, 0.25) is 0 Å². The van der Waals surface area contributed by atoms with Crippen LogP contribution in [0.25, 0.3) is 0 Å². The highest BCUT2D eigenvalue weighted by Gasteiger charge is 2.29. The second-order valence-corrected chi connectivity index (χ2v) is 7.59. The van der Waals surface area contributed by atoms with Crippen LogP contribution in [0.15, 0.2) is 23.1 Å². The standard InChI is InChI=1S/C13H24N3OPS/c1-6-15-18(14,17)16(10(2)3)12-9-11(4)7-8-13(12)19-5/h7-10H,6H2,1-5H3,(H3,14,15,17). The Labute approximate surface area is 120 Å². The van der Waals surface area contributed by atoms with Crippen LogP contribution in [0.1, 0.15) is 26.3 Å². The van der Waals surface area contributed by atoms with Gasteiger partial charge in [-0.15, -0.1) is 11.8 Å². The highest BCUT2D eigenvalue weighted by atomic mass is 32.2. The van der Waals surface area contributed by atoms with Crippen molar-refractivity contribution >= 4 is 25.0 Å². The zero-order chi connectivity index (χ0) is 14.6. The number of anilines is 1. The Morgan fingerprint density at radius 3 is 2.58 bits per heavy atom. The van der Waals surface area contributed by atoms with Crippen LogP contribution in [0.5, 0.6) is 0 Å². The van der Waals surface area contributed by atoms with Crippen LogP contribution in [-0.4, -0.2) is 18.8 Å². The molecule has 1 rings (SSSR count). The molecule has 19 heavy (non-hydrogen) atoms. The van der Waals surface area contributed by atoms with E-state index in [1.807, 2.05) is 44.7 Å². The van der Waals surface area contributed by atoms with Crippen molar-refractivity contribution in [2.24, 2.45) is 5.50 Å². The first kappa shape index (κ1) is 16.6. The largest absolute Gasteiger partial charge is 0.303 e. The van der Waals surface area contributed by atoms with Gasteiger partial charge >= 0.3 is 7.59 Å². The van der Waals surface area contributed by atoms with E-state index in [0.29, 0.717) is 6.54 Å². The molecular formula is C13H24N3OPS. The summed E-state index contributed by atoms with van der Waals surface area (Å²) in [4.78, 5) is 1.09. The van der Waals surface area contributed by atoms with Crippen LogP contribution in [-0.2, 0) is 4.57 Å². The lowest BCUT2D eigenvalue weighted by atomic mass is 10.2. The van der Waals surface area contributed by atoms with Gasteiger partial charge in [0.1, 0.15) is 0 Å². The molecular weight excluding hydrogens is 277 g/mol. The van der Waals surface area contributed by atoms with Crippen LogP contribution in [0.4, 0.5) is 5.69 Å². The fourth-order valence-electron chi connectivity index (χ4n) is 2.06. The summed E-state index contributed by atoms with van der Waals surface area (Å²) in [5.41, 5.74) is 8.11. The van der Waals surface area contributed by atoms with Crippen molar-refractivity contribution in [3.63, 3.8) is 0 Å². The number of nitrogens with zero attached hydrogens (tertiary/aromatic N) is 1. The number of hydrogen-bond acceptors (Lipinski definition) is 2. The molecule has 1 atom stereocenters. The van der Waals surface area contributed by atoms with Crippen LogP contribution in [0, 0.1) is 6.92 Å². The smallest absolute Gasteiger partial charge is 0.296 e. The third-order valence-electron chi connectivity index (χ3n) is 2.78. The normalized spacial score (nSPS) is 14.5. The van der Waals surface area contributed by atoms with E-state index in [0.717, 1.165) is 16.1 Å². The van der Waals surface area contributed by atoms with Gasteiger partial charge in [-0.2, -0.15) is 0 Å². The summed E-state index contributed by atoms with van der Waals surface area (Å²) < 4.78 is 14.5. The summed E-state index contributed by atoms with van der Waals surface area (Å²) in [7, 11) is -3.07. The maximum absolute atomic E-state index is 12.7. The molecule has 0 aliphatic carbocycles. The number of nitrogens with two attached hydrogens (primary N) is 1. The fourth-order valence-corrected chi connectivity index (χ4v) is 4.48. The van der Waals surface area contributed by atoms with Crippen molar-refractivity contribution in [3.8, 4) is 0 Å². The van der Waals surface area contributed by atoms with Crippen molar-refractivity contribution in [1.82, 2.24) is 5.09 Å². The first-order valence-electron chi connectivity index (χ1n) is 6.41. The van der Waals surface area contributed by atoms with E-state index in [1.165, 1.54) is 0 Å². The molecule has 0 fully saturated rings. The van der Waals surface area contributed by atoms with Crippen molar-refractivity contribution in [1.29, 1.82) is 0 Å². The van der Waals surface area contributed by atoms with Gasteiger partial charge in [-0.3, -0.25) is 14.7 Å². The maximum atomic E-state index is 12.7.